The maximum Gasteiger partial charge on any atom is 0.261 e. The predicted octanol–water partition coefficient (Wildman–Crippen LogP) is 3.17. The maximum absolute atomic E-state index is 12.9. The standard InChI is InChI=1S/C33H39N7O4/c1-3-17-34-30(41)26-18-35-32(39-29(26)38-28-6-4-5-27(37-28)33(43)19-44-20-33)36-24-13-9-21(10-14-24)22-11-15-25(16-12-22)40(2)31(42)23-7-8-23/h3-6,9-10,13-14,18,22-23,25,43H,1,7-8,11-12,15-17,19-20H2,2H3,(H,34,41)(H2,35,36,37,38,39)/p+1. The molecular weight excluding hydrogens is 558 g/mol. The van der Waals surface area contributed by atoms with E-state index in [2.05, 4.69) is 44.3 Å². The zero-order chi connectivity index (χ0) is 30.7. The zero-order valence-electron chi connectivity index (χ0n) is 25.0. The van der Waals surface area contributed by atoms with Gasteiger partial charge in [-0.15, -0.1) is 6.58 Å². The van der Waals surface area contributed by atoms with Gasteiger partial charge in [0.15, 0.2) is 5.60 Å². The fourth-order valence-electron chi connectivity index (χ4n) is 5.94. The summed E-state index contributed by atoms with van der Waals surface area (Å²) in [5.74, 6) is 2.03. The topological polar surface area (TPSA) is 146 Å². The van der Waals surface area contributed by atoms with Gasteiger partial charge in [0.1, 0.15) is 5.56 Å². The van der Waals surface area contributed by atoms with E-state index in [0.29, 0.717) is 53.3 Å². The highest BCUT2D eigenvalue weighted by Crippen LogP contribution is 2.37. The average Bonchev–Trinajstić information content (AvgIpc) is 3.88. The van der Waals surface area contributed by atoms with Crippen LogP contribution in [0.5, 0.6) is 0 Å². The van der Waals surface area contributed by atoms with E-state index < -0.39 is 5.60 Å². The number of hydrogen-bond donors (Lipinski definition) is 4. The number of hydrogen-bond acceptors (Lipinski definition) is 8. The fraction of sp³-hybridized carbons (Fsp3) is 0.424. The Kier molecular flexibility index (Phi) is 8.69. The van der Waals surface area contributed by atoms with Gasteiger partial charge in [-0.1, -0.05) is 24.3 Å². The Morgan fingerprint density at radius 1 is 1.09 bits per heavy atom. The molecule has 3 fully saturated rings. The van der Waals surface area contributed by atoms with Crippen molar-refractivity contribution in [2.24, 2.45) is 5.92 Å². The van der Waals surface area contributed by atoms with Crippen LogP contribution in [-0.2, 0) is 15.1 Å². The minimum absolute atomic E-state index is 0.193. The van der Waals surface area contributed by atoms with Gasteiger partial charge < -0.3 is 25.4 Å². The lowest BCUT2D eigenvalue weighted by Gasteiger charge is -2.35. The second-order valence-electron chi connectivity index (χ2n) is 12.1. The summed E-state index contributed by atoms with van der Waals surface area (Å²) in [5.41, 5.74) is 1.82. The van der Waals surface area contributed by atoms with Crippen LogP contribution in [0.15, 0.2) is 61.3 Å². The highest BCUT2D eigenvalue weighted by Gasteiger charge is 2.40. The molecule has 0 spiro atoms. The van der Waals surface area contributed by atoms with Crippen molar-refractivity contribution in [2.75, 3.05) is 32.1 Å². The molecule has 1 aromatic carbocycles. The number of quaternary nitrogens is 1. The Labute approximate surface area is 257 Å². The molecule has 0 radical (unpaired) electrons. The maximum atomic E-state index is 12.9. The van der Waals surface area contributed by atoms with E-state index in [-0.39, 0.29) is 25.0 Å². The lowest BCUT2D eigenvalue weighted by molar-refractivity contribution is -0.487. The quantitative estimate of drug-likeness (QED) is 0.246. The van der Waals surface area contributed by atoms with Gasteiger partial charge >= 0.3 is 0 Å². The highest BCUT2D eigenvalue weighted by atomic mass is 16.5. The van der Waals surface area contributed by atoms with Crippen molar-refractivity contribution in [3.63, 3.8) is 0 Å². The molecule has 0 atom stereocenters. The van der Waals surface area contributed by atoms with Gasteiger partial charge in [0.05, 0.1) is 25.1 Å². The molecule has 11 nitrogen and oxygen atoms in total. The van der Waals surface area contributed by atoms with E-state index in [1.807, 2.05) is 30.1 Å². The van der Waals surface area contributed by atoms with E-state index in [0.717, 1.165) is 44.2 Å². The van der Waals surface area contributed by atoms with E-state index in [4.69, 9.17) is 4.74 Å². The van der Waals surface area contributed by atoms with Crippen molar-refractivity contribution in [2.45, 2.75) is 56.1 Å². The van der Waals surface area contributed by atoms with Gasteiger partial charge in [0.25, 0.3) is 5.91 Å². The van der Waals surface area contributed by atoms with Crippen molar-refractivity contribution in [1.82, 2.24) is 25.2 Å². The van der Waals surface area contributed by atoms with Crippen LogP contribution in [0.4, 0.5) is 23.3 Å². The number of amides is 2. The number of aromatic nitrogens is 3. The third kappa shape index (κ3) is 6.64. The molecule has 0 unspecified atom stereocenters. The lowest BCUT2D eigenvalue weighted by Crippen LogP contribution is -2.73. The van der Waals surface area contributed by atoms with Crippen molar-refractivity contribution in [3.8, 4) is 0 Å². The van der Waals surface area contributed by atoms with Crippen LogP contribution < -0.4 is 16.0 Å². The minimum Gasteiger partial charge on any atom is -0.379 e. The number of ether oxygens (including phenoxy) is 1. The van der Waals surface area contributed by atoms with E-state index >= 15 is 0 Å². The van der Waals surface area contributed by atoms with Crippen LogP contribution in [0.3, 0.4) is 0 Å². The summed E-state index contributed by atoms with van der Waals surface area (Å²) < 4.78 is 5.18. The molecule has 3 aliphatic rings. The molecule has 2 aromatic heterocycles. The van der Waals surface area contributed by atoms with Gasteiger partial charge in [0, 0.05) is 37.3 Å². The van der Waals surface area contributed by atoms with Crippen molar-refractivity contribution >= 4 is 35.1 Å². The summed E-state index contributed by atoms with van der Waals surface area (Å²) in [6.45, 7) is 4.36. The lowest BCUT2D eigenvalue weighted by atomic mass is 9.81. The number of carbonyl (C=O) groups excluding carboxylic acids is 2. The van der Waals surface area contributed by atoms with Gasteiger partial charge in [-0.3, -0.25) is 9.59 Å². The second kappa shape index (κ2) is 12.8. The van der Waals surface area contributed by atoms with Crippen LogP contribution in [0.1, 0.15) is 66.1 Å². The van der Waals surface area contributed by atoms with Gasteiger partial charge in [-0.2, -0.15) is 9.97 Å². The van der Waals surface area contributed by atoms with Crippen molar-refractivity contribution < 1.29 is 24.7 Å². The minimum atomic E-state index is -1.11. The first-order chi connectivity index (χ1) is 21.3. The Morgan fingerprint density at radius 3 is 2.50 bits per heavy atom. The first kappa shape index (κ1) is 29.9. The molecule has 6 rings (SSSR count). The number of carbonyl (C=O) groups is 2. The van der Waals surface area contributed by atoms with E-state index in [1.165, 1.54) is 11.8 Å². The monoisotopic (exact) mass is 598 g/mol. The Hall–Kier alpha value is -4.19. The molecule has 44 heavy (non-hydrogen) atoms. The number of benzene rings is 1. The summed E-state index contributed by atoms with van der Waals surface area (Å²) >= 11 is 0. The zero-order valence-corrected chi connectivity index (χ0v) is 25.0. The van der Waals surface area contributed by atoms with E-state index in [1.54, 1.807) is 23.5 Å². The third-order valence-corrected chi connectivity index (χ3v) is 8.84. The first-order valence-electron chi connectivity index (χ1n) is 15.3. The molecule has 11 heteroatoms. The molecule has 230 valence electrons. The summed E-state index contributed by atoms with van der Waals surface area (Å²) in [6, 6.07) is 14.0. The summed E-state index contributed by atoms with van der Waals surface area (Å²) in [7, 11) is 1.97. The molecule has 0 bridgehead atoms. The van der Waals surface area contributed by atoms with Crippen molar-refractivity contribution in [3.05, 3.63) is 78.1 Å². The van der Waals surface area contributed by atoms with Crippen LogP contribution in [0, 0.1) is 5.92 Å². The number of nitrogens with zero attached hydrogens (tertiary/aromatic N) is 4. The highest BCUT2D eigenvalue weighted by molar-refractivity contribution is 5.97. The molecule has 5 N–H and O–H groups in total. The van der Waals surface area contributed by atoms with Crippen molar-refractivity contribution in [1.29, 1.82) is 0 Å². The summed E-state index contributed by atoms with van der Waals surface area (Å²) in [4.78, 5) is 41.1. The number of anilines is 2. The number of nitrogens with two attached hydrogens (primary N) is 1. The smallest absolute Gasteiger partial charge is 0.261 e. The van der Waals surface area contributed by atoms with Crippen LogP contribution in [0.2, 0.25) is 0 Å². The number of pyridine rings is 1. The number of rotatable bonds is 11. The molecule has 2 amide bonds. The van der Waals surface area contributed by atoms with Crippen LogP contribution in [-0.4, -0.2) is 69.6 Å². The largest absolute Gasteiger partial charge is 0.379 e. The van der Waals surface area contributed by atoms with E-state index in [9.17, 15) is 14.7 Å². The molecule has 2 saturated carbocycles. The average molecular weight is 599 g/mol. The molecular formula is C33H40N7O4+. The molecule has 3 aromatic rings. The molecule has 1 aliphatic heterocycles. The summed E-state index contributed by atoms with van der Waals surface area (Å²) in [5, 5.41) is 18.4. The molecule has 1 saturated heterocycles. The third-order valence-electron chi connectivity index (χ3n) is 8.84. The summed E-state index contributed by atoms with van der Waals surface area (Å²) in [6.07, 6.45) is 9.39. The first-order valence-corrected chi connectivity index (χ1v) is 15.3. The van der Waals surface area contributed by atoms with Gasteiger partial charge in [-0.05, 0) is 68.2 Å². The normalized spacial score (nSPS) is 20.7. The Balaban J connectivity index is 1.13. The fourth-order valence-corrected chi connectivity index (χ4v) is 5.94. The number of nitrogens with one attached hydrogen (secondary N) is 2. The molecule has 2 aliphatic carbocycles. The van der Waals surface area contributed by atoms with Gasteiger partial charge in [-0.25, -0.2) is 10.3 Å². The molecule has 3 heterocycles. The predicted molar refractivity (Wildman–Crippen MR) is 165 cm³/mol. The van der Waals surface area contributed by atoms with Crippen LogP contribution >= 0.6 is 0 Å². The van der Waals surface area contributed by atoms with Crippen LogP contribution in [0.25, 0.3) is 0 Å². The van der Waals surface area contributed by atoms with Gasteiger partial charge in [0.2, 0.25) is 23.5 Å². The number of aliphatic hydroxyl groups is 1. The SMILES string of the molecule is C=CCNC(=O)c1cnc(Nc2ccc(C3CCC(N(C)C(=O)C4CC4)CC3)cc2)nc1[NH2+]c1cccc(C2(O)COC2)n1. The second-order valence-corrected chi connectivity index (χ2v) is 12.1. The Morgan fingerprint density at radius 2 is 1.84 bits per heavy atom. The Bertz CT molecular complexity index is 1510.